The van der Waals surface area contributed by atoms with E-state index in [9.17, 15) is 20.0 Å². The maximum absolute atomic E-state index is 11.8. The lowest BCUT2D eigenvalue weighted by Crippen LogP contribution is -2.04. The van der Waals surface area contributed by atoms with Gasteiger partial charge in [-0.05, 0) is 11.6 Å². The van der Waals surface area contributed by atoms with Crippen LogP contribution < -0.4 is 0 Å². The maximum atomic E-state index is 11.8. The first-order valence-corrected chi connectivity index (χ1v) is 7.95. The highest BCUT2D eigenvalue weighted by atomic mass is 32.1. The Morgan fingerprint density at radius 2 is 1.96 bits per heavy atom. The Hall–Kier alpha value is -3.26. The van der Waals surface area contributed by atoms with Crippen molar-refractivity contribution in [2.75, 3.05) is 7.11 Å². The van der Waals surface area contributed by atoms with Crippen LogP contribution in [0.1, 0.15) is 10.6 Å². The number of non-ortho nitro benzene ring substituents is 1. The standard InChI is InChI=1S/C17H12N2O5S/c1-24-15(14(17(20)21)10-5-3-2-4-6-10)16-18-12-9-11(19(22)23)7-8-13(12)25-16/h2-9H,1H3,(H,20,21)/b15-14+. The zero-order valence-corrected chi connectivity index (χ0v) is 13.8. The number of aliphatic carboxylic acids is 1. The lowest BCUT2D eigenvalue weighted by Gasteiger charge is -2.09. The summed E-state index contributed by atoms with van der Waals surface area (Å²) in [6, 6.07) is 12.9. The van der Waals surface area contributed by atoms with Crippen LogP contribution in [-0.4, -0.2) is 28.1 Å². The van der Waals surface area contributed by atoms with E-state index in [1.807, 2.05) is 0 Å². The first-order chi connectivity index (χ1) is 12.0. The number of nitrogens with zero attached hydrogens (tertiary/aromatic N) is 2. The van der Waals surface area contributed by atoms with Crippen LogP contribution in [0.15, 0.2) is 48.5 Å². The first kappa shape index (κ1) is 16.6. The van der Waals surface area contributed by atoms with Crippen LogP contribution in [0.4, 0.5) is 5.69 Å². The second kappa shape index (κ2) is 6.70. The Kier molecular flexibility index (Phi) is 4.44. The Balaban J connectivity index is 2.21. The maximum Gasteiger partial charge on any atom is 0.340 e. The minimum atomic E-state index is -1.15. The third-order valence-corrected chi connectivity index (χ3v) is 4.52. The Morgan fingerprint density at radius 3 is 2.56 bits per heavy atom. The van der Waals surface area contributed by atoms with Crippen molar-refractivity contribution in [1.29, 1.82) is 0 Å². The van der Waals surface area contributed by atoms with E-state index in [0.717, 1.165) is 0 Å². The molecule has 1 aromatic heterocycles. The molecule has 0 aliphatic rings. The number of hydrogen-bond acceptors (Lipinski definition) is 6. The predicted molar refractivity (Wildman–Crippen MR) is 94.2 cm³/mol. The lowest BCUT2D eigenvalue weighted by molar-refractivity contribution is -0.384. The number of thiazole rings is 1. The summed E-state index contributed by atoms with van der Waals surface area (Å²) >= 11 is 1.21. The quantitative estimate of drug-likeness (QED) is 0.323. The van der Waals surface area contributed by atoms with Gasteiger partial charge in [0.2, 0.25) is 0 Å². The molecular weight excluding hydrogens is 344 g/mol. The number of nitro groups is 1. The number of ether oxygens (including phenoxy) is 1. The first-order valence-electron chi connectivity index (χ1n) is 7.13. The van der Waals surface area contributed by atoms with Crippen molar-refractivity contribution in [2.45, 2.75) is 0 Å². The average molecular weight is 356 g/mol. The zero-order valence-electron chi connectivity index (χ0n) is 13.0. The van der Waals surface area contributed by atoms with Gasteiger partial charge in [0.05, 0.1) is 22.2 Å². The van der Waals surface area contributed by atoms with E-state index in [0.29, 0.717) is 20.8 Å². The topological polar surface area (TPSA) is 103 Å². The van der Waals surface area contributed by atoms with Crippen molar-refractivity contribution in [3.8, 4) is 0 Å². The number of nitro benzene ring substituents is 1. The lowest BCUT2D eigenvalue weighted by atomic mass is 10.0. The molecule has 1 N–H and O–H groups in total. The van der Waals surface area contributed by atoms with Gasteiger partial charge in [0, 0.05) is 12.1 Å². The molecule has 2 aromatic carbocycles. The van der Waals surface area contributed by atoms with E-state index in [1.165, 1.54) is 30.6 Å². The number of fused-ring (bicyclic) bond motifs is 1. The third-order valence-electron chi connectivity index (χ3n) is 3.48. The van der Waals surface area contributed by atoms with Crippen LogP contribution in [0.2, 0.25) is 0 Å². The van der Waals surface area contributed by atoms with E-state index < -0.39 is 10.9 Å². The molecular formula is C17H12N2O5S. The molecule has 7 nitrogen and oxygen atoms in total. The van der Waals surface area contributed by atoms with E-state index in [4.69, 9.17) is 4.74 Å². The molecule has 3 rings (SSSR count). The van der Waals surface area contributed by atoms with Crippen molar-refractivity contribution in [3.05, 3.63) is 69.2 Å². The fourth-order valence-corrected chi connectivity index (χ4v) is 3.35. The number of rotatable bonds is 5. The van der Waals surface area contributed by atoms with Gasteiger partial charge in [-0.1, -0.05) is 30.3 Å². The highest BCUT2D eigenvalue weighted by Crippen LogP contribution is 2.34. The molecule has 0 radical (unpaired) electrons. The number of hydrogen-bond donors (Lipinski definition) is 1. The summed E-state index contributed by atoms with van der Waals surface area (Å²) in [5.74, 6) is -1.03. The second-order valence-corrected chi connectivity index (χ2v) is 6.04. The molecule has 8 heteroatoms. The minimum absolute atomic E-state index is 0.0170. The van der Waals surface area contributed by atoms with Crippen LogP contribution in [0.5, 0.6) is 0 Å². The van der Waals surface area contributed by atoms with E-state index in [2.05, 4.69) is 4.98 Å². The summed E-state index contributed by atoms with van der Waals surface area (Å²) in [6.45, 7) is 0. The number of benzene rings is 2. The summed E-state index contributed by atoms with van der Waals surface area (Å²) in [6.07, 6.45) is 0. The van der Waals surface area contributed by atoms with Crippen LogP contribution in [-0.2, 0) is 9.53 Å². The monoisotopic (exact) mass is 356 g/mol. The van der Waals surface area contributed by atoms with Gasteiger partial charge in [-0.25, -0.2) is 9.78 Å². The van der Waals surface area contributed by atoms with Gasteiger partial charge in [-0.15, -0.1) is 11.3 Å². The summed E-state index contributed by atoms with van der Waals surface area (Å²) in [5, 5.41) is 20.9. The van der Waals surface area contributed by atoms with E-state index in [-0.39, 0.29) is 17.0 Å². The summed E-state index contributed by atoms with van der Waals surface area (Å²) in [5.41, 5.74) is 0.809. The molecule has 0 saturated heterocycles. The number of methoxy groups -OCH3 is 1. The van der Waals surface area contributed by atoms with Gasteiger partial charge in [-0.2, -0.15) is 0 Å². The summed E-state index contributed by atoms with van der Waals surface area (Å²) in [4.78, 5) is 26.5. The highest BCUT2D eigenvalue weighted by Gasteiger charge is 2.22. The van der Waals surface area contributed by atoms with Crippen molar-refractivity contribution in [1.82, 2.24) is 4.98 Å². The van der Waals surface area contributed by atoms with Crippen LogP contribution in [0.3, 0.4) is 0 Å². The molecule has 0 aliphatic heterocycles. The third kappa shape index (κ3) is 3.20. The molecule has 0 saturated carbocycles. The molecule has 0 unspecified atom stereocenters. The van der Waals surface area contributed by atoms with Gasteiger partial charge < -0.3 is 9.84 Å². The van der Waals surface area contributed by atoms with Gasteiger partial charge in [-0.3, -0.25) is 10.1 Å². The van der Waals surface area contributed by atoms with Crippen LogP contribution in [0, 0.1) is 10.1 Å². The number of carboxylic acids is 1. The number of carboxylic acid groups (broad SMARTS) is 1. The van der Waals surface area contributed by atoms with Gasteiger partial charge in [0.15, 0.2) is 10.8 Å². The fourth-order valence-electron chi connectivity index (χ4n) is 2.38. The fraction of sp³-hybridized carbons (Fsp3) is 0.0588. The molecule has 0 aliphatic carbocycles. The average Bonchev–Trinajstić information content (AvgIpc) is 3.02. The second-order valence-electron chi connectivity index (χ2n) is 5.01. The molecule has 0 bridgehead atoms. The van der Waals surface area contributed by atoms with Crippen molar-refractivity contribution >= 4 is 44.5 Å². The highest BCUT2D eigenvalue weighted by molar-refractivity contribution is 7.19. The zero-order chi connectivity index (χ0) is 18.0. The molecule has 0 fully saturated rings. The minimum Gasteiger partial charge on any atom is -0.493 e. The molecule has 0 amide bonds. The molecule has 126 valence electrons. The van der Waals surface area contributed by atoms with Crippen LogP contribution in [0.25, 0.3) is 21.5 Å². The molecule has 25 heavy (non-hydrogen) atoms. The Morgan fingerprint density at radius 1 is 1.24 bits per heavy atom. The van der Waals surface area contributed by atoms with Crippen molar-refractivity contribution < 1.29 is 19.6 Å². The smallest absolute Gasteiger partial charge is 0.340 e. The van der Waals surface area contributed by atoms with Crippen molar-refractivity contribution in [3.63, 3.8) is 0 Å². The Labute approximate surface area is 146 Å². The molecule has 1 heterocycles. The van der Waals surface area contributed by atoms with E-state index >= 15 is 0 Å². The van der Waals surface area contributed by atoms with Crippen molar-refractivity contribution in [2.24, 2.45) is 0 Å². The van der Waals surface area contributed by atoms with Gasteiger partial charge >= 0.3 is 5.97 Å². The summed E-state index contributed by atoms with van der Waals surface area (Å²) < 4.78 is 6.04. The molecule has 0 atom stereocenters. The normalized spacial score (nSPS) is 11.9. The largest absolute Gasteiger partial charge is 0.493 e. The van der Waals surface area contributed by atoms with Gasteiger partial charge in [0.1, 0.15) is 5.57 Å². The predicted octanol–water partition coefficient (Wildman–Crippen LogP) is 3.80. The molecule has 3 aromatic rings. The SMILES string of the molecule is CO/C(=C(/C(=O)O)c1ccccc1)c1nc2cc([N+](=O)[O-])ccc2s1. The molecule has 0 spiro atoms. The number of aromatic nitrogens is 1. The van der Waals surface area contributed by atoms with Gasteiger partial charge in [0.25, 0.3) is 5.69 Å². The van der Waals surface area contributed by atoms with E-state index in [1.54, 1.807) is 36.4 Å². The number of carbonyl (C=O) groups is 1. The van der Waals surface area contributed by atoms with Crippen LogP contribution >= 0.6 is 11.3 Å². The Bertz CT molecular complexity index is 995. The summed E-state index contributed by atoms with van der Waals surface area (Å²) in [7, 11) is 1.37.